The van der Waals surface area contributed by atoms with Crippen molar-refractivity contribution in [3.63, 3.8) is 0 Å². The number of benzene rings is 1. The summed E-state index contributed by atoms with van der Waals surface area (Å²) >= 11 is 0. The van der Waals surface area contributed by atoms with E-state index in [0.717, 1.165) is 37.0 Å². The third-order valence-electron chi connectivity index (χ3n) is 3.95. The highest BCUT2D eigenvalue weighted by atomic mass is 16.5. The molecule has 1 atom stereocenters. The smallest absolute Gasteiger partial charge is 0.310 e. The van der Waals surface area contributed by atoms with Gasteiger partial charge in [-0.05, 0) is 36.4 Å². The zero-order valence-electron chi connectivity index (χ0n) is 11.6. The Labute approximate surface area is 118 Å². The minimum absolute atomic E-state index is 0.0154. The van der Waals surface area contributed by atoms with Gasteiger partial charge in [0.05, 0.1) is 13.0 Å². The first-order valence-corrected chi connectivity index (χ1v) is 6.94. The Morgan fingerprint density at radius 2 is 2.25 bits per heavy atom. The summed E-state index contributed by atoms with van der Waals surface area (Å²) in [5.74, 6) is -0.115. The Hall–Kier alpha value is -2.10. The molecular formula is C16H18N2O2. The number of piperidine rings is 1. The summed E-state index contributed by atoms with van der Waals surface area (Å²) in [5.41, 5.74) is 1.15. The fourth-order valence-electron chi connectivity index (χ4n) is 2.84. The van der Waals surface area contributed by atoms with Gasteiger partial charge in [-0.15, -0.1) is 0 Å². The Balaban J connectivity index is 1.84. The molecule has 0 spiro atoms. The van der Waals surface area contributed by atoms with Crippen LogP contribution in [-0.2, 0) is 9.53 Å². The molecule has 2 heterocycles. The van der Waals surface area contributed by atoms with Crippen molar-refractivity contribution in [1.29, 1.82) is 0 Å². The van der Waals surface area contributed by atoms with Crippen LogP contribution in [0.1, 0.15) is 12.8 Å². The molecule has 1 aliphatic heterocycles. The molecule has 0 N–H and O–H groups in total. The first-order valence-electron chi connectivity index (χ1n) is 6.94. The van der Waals surface area contributed by atoms with Gasteiger partial charge in [-0.25, -0.2) is 0 Å². The van der Waals surface area contributed by atoms with Crippen molar-refractivity contribution < 1.29 is 9.53 Å². The van der Waals surface area contributed by atoms with E-state index in [9.17, 15) is 4.79 Å². The van der Waals surface area contributed by atoms with Crippen LogP contribution in [0.3, 0.4) is 0 Å². The third-order valence-corrected chi connectivity index (χ3v) is 3.95. The molecule has 0 bridgehead atoms. The molecule has 0 saturated carbocycles. The highest BCUT2D eigenvalue weighted by Crippen LogP contribution is 2.26. The molecule has 0 amide bonds. The first-order chi connectivity index (χ1) is 9.78. The summed E-state index contributed by atoms with van der Waals surface area (Å²) in [6.07, 6.45) is 5.61. The summed E-state index contributed by atoms with van der Waals surface area (Å²) in [6.45, 7) is 1.72. The quantitative estimate of drug-likeness (QED) is 0.787. The molecule has 4 nitrogen and oxygen atoms in total. The zero-order chi connectivity index (χ0) is 13.9. The van der Waals surface area contributed by atoms with Gasteiger partial charge in [0.1, 0.15) is 0 Å². The second kappa shape index (κ2) is 5.49. The van der Waals surface area contributed by atoms with Gasteiger partial charge in [0.25, 0.3) is 0 Å². The van der Waals surface area contributed by atoms with Gasteiger partial charge < -0.3 is 9.64 Å². The number of pyridine rings is 1. The van der Waals surface area contributed by atoms with Gasteiger partial charge in [-0.2, -0.15) is 0 Å². The molecule has 0 radical (unpaired) electrons. The molecule has 20 heavy (non-hydrogen) atoms. The van der Waals surface area contributed by atoms with Crippen LogP contribution in [0.15, 0.2) is 36.7 Å². The molecular weight excluding hydrogens is 252 g/mol. The first kappa shape index (κ1) is 12.9. The number of hydrogen-bond acceptors (Lipinski definition) is 4. The van der Waals surface area contributed by atoms with Crippen molar-refractivity contribution in [2.75, 3.05) is 25.1 Å². The Kier molecular flexibility index (Phi) is 3.54. The Bertz CT molecular complexity index is 627. The summed E-state index contributed by atoms with van der Waals surface area (Å²) in [5, 5.41) is 2.32. The van der Waals surface area contributed by atoms with Gasteiger partial charge in [0, 0.05) is 36.6 Å². The molecule has 1 fully saturated rings. The Morgan fingerprint density at radius 3 is 3.10 bits per heavy atom. The molecule has 1 unspecified atom stereocenters. The van der Waals surface area contributed by atoms with E-state index in [4.69, 9.17) is 4.74 Å². The van der Waals surface area contributed by atoms with Crippen molar-refractivity contribution in [1.82, 2.24) is 4.98 Å². The van der Waals surface area contributed by atoms with E-state index in [1.165, 1.54) is 12.5 Å². The van der Waals surface area contributed by atoms with E-state index in [-0.39, 0.29) is 11.9 Å². The normalized spacial score (nSPS) is 19.1. The molecule has 4 heteroatoms. The van der Waals surface area contributed by atoms with Crippen LogP contribution in [0, 0.1) is 5.92 Å². The molecule has 1 aliphatic rings. The second-order valence-corrected chi connectivity index (χ2v) is 5.22. The van der Waals surface area contributed by atoms with Gasteiger partial charge in [-0.3, -0.25) is 9.78 Å². The molecule has 0 aliphatic carbocycles. The van der Waals surface area contributed by atoms with E-state index in [1.54, 1.807) is 6.20 Å². The number of hydrogen-bond donors (Lipinski definition) is 0. The number of carbonyl (C=O) groups excluding carboxylic acids is 1. The van der Waals surface area contributed by atoms with Crippen LogP contribution in [0.2, 0.25) is 0 Å². The summed E-state index contributed by atoms with van der Waals surface area (Å²) in [7, 11) is 1.46. The van der Waals surface area contributed by atoms with Gasteiger partial charge in [-0.1, -0.05) is 6.07 Å². The van der Waals surface area contributed by atoms with Crippen molar-refractivity contribution in [3.05, 3.63) is 36.7 Å². The SMILES string of the molecule is COC(=O)C1CCCN(c2ccc3ccncc3c2)C1. The average molecular weight is 270 g/mol. The molecule has 1 saturated heterocycles. The molecule has 1 aromatic carbocycles. The lowest BCUT2D eigenvalue weighted by atomic mass is 9.97. The largest absolute Gasteiger partial charge is 0.469 e. The number of carbonyl (C=O) groups is 1. The van der Waals surface area contributed by atoms with Crippen molar-refractivity contribution in [3.8, 4) is 0 Å². The van der Waals surface area contributed by atoms with E-state index in [0.29, 0.717) is 0 Å². The predicted molar refractivity (Wildman–Crippen MR) is 78.7 cm³/mol. The number of ether oxygens (including phenoxy) is 1. The van der Waals surface area contributed by atoms with E-state index in [1.807, 2.05) is 12.3 Å². The average Bonchev–Trinajstić information content (AvgIpc) is 2.53. The van der Waals surface area contributed by atoms with Crippen LogP contribution < -0.4 is 4.90 Å². The van der Waals surface area contributed by atoms with Gasteiger partial charge in [0.2, 0.25) is 0 Å². The number of rotatable bonds is 2. The van der Waals surface area contributed by atoms with E-state index in [2.05, 4.69) is 28.1 Å². The minimum atomic E-state index is -0.0999. The highest BCUT2D eigenvalue weighted by Gasteiger charge is 2.26. The fraction of sp³-hybridized carbons (Fsp3) is 0.375. The van der Waals surface area contributed by atoms with Gasteiger partial charge >= 0.3 is 5.97 Å². The zero-order valence-corrected chi connectivity index (χ0v) is 11.6. The lowest BCUT2D eigenvalue weighted by Crippen LogP contribution is -2.39. The molecule has 104 valence electrons. The van der Waals surface area contributed by atoms with Crippen LogP contribution in [-0.4, -0.2) is 31.2 Å². The number of nitrogens with zero attached hydrogens (tertiary/aromatic N) is 2. The third kappa shape index (κ3) is 2.46. The highest BCUT2D eigenvalue weighted by molar-refractivity contribution is 5.85. The van der Waals surface area contributed by atoms with Crippen LogP contribution in [0.5, 0.6) is 0 Å². The van der Waals surface area contributed by atoms with Crippen molar-refractivity contribution >= 4 is 22.4 Å². The maximum absolute atomic E-state index is 11.7. The van der Waals surface area contributed by atoms with Crippen LogP contribution in [0.25, 0.3) is 10.8 Å². The predicted octanol–water partition coefficient (Wildman–Crippen LogP) is 2.62. The van der Waals surface area contributed by atoms with Gasteiger partial charge in [0.15, 0.2) is 0 Å². The molecule has 2 aromatic rings. The maximum atomic E-state index is 11.7. The van der Waals surface area contributed by atoms with E-state index >= 15 is 0 Å². The summed E-state index contributed by atoms with van der Waals surface area (Å²) in [4.78, 5) is 18.1. The monoisotopic (exact) mass is 270 g/mol. The number of anilines is 1. The van der Waals surface area contributed by atoms with Crippen LogP contribution >= 0.6 is 0 Å². The topological polar surface area (TPSA) is 42.4 Å². The summed E-state index contributed by atoms with van der Waals surface area (Å²) in [6, 6.07) is 8.37. The van der Waals surface area contributed by atoms with E-state index < -0.39 is 0 Å². The summed E-state index contributed by atoms with van der Waals surface area (Å²) < 4.78 is 4.87. The number of esters is 1. The number of aromatic nitrogens is 1. The fourth-order valence-corrected chi connectivity index (χ4v) is 2.84. The maximum Gasteiger partial charge on any atom is 0.310 e. The van der Waals surface area contributed by atoms with Crippen LogP contribution in [0.4, 0.5) is 5.69 Å². The molecule has 1 aromatic heterocycles. The number of methoxy groups -OCH3 is 1. The minimum Gasteiger partial charge on any atom is -0.469 e. The Morgan fingerprint density at radius 1 is 1.35 bits per heavy atom. The number of fused-ring (bicyclic) bond motifs is 1. The standard InChI is InChI=1S/C16H18N2O2/c1-20-16(19)13-3-2-8-18(11-13)15-5-4-12-6-7-17-10-14(12)9-15/h4-7,9-10,13H,2-3,8,11H2,1H3. The lowest BCUT2D eigenvalue weighted by molar-refractivity contribution is -0.145. The molecule has 3 rings (SSSR count). The van der Waals surface area contributed by atoms with Crippen molar-refractivity contribution in [2.45, 2.75) is 12.8 Å². The van der Waals surface area contributed by atoms with Crippen molar-refractivity contribution in [2.24, 2.45) is 5.92 Å². The second-order valence-electron chi connectivity index (χ2n) is 5.22. The lowest BCUT2D eigenvalue weighted by Gasteiger charge is -2.33.